The van der Waals surface area contributed by atoms with Gasteiger partial charge in [-0.3, -0.25) is 4.79 Å². The lowest BCUT2D eigenvalue weighted by Crippen LogP contribution is -2.46. The first kappa shape index (κ1) is 17.4. The molecule has 0 bridgehead atoms. The zero-order chi connectivity index (χ0) is 16.3. The summed E-state index contributed by atoms with van der Waals surface area (Å²) in [5.74, 6) is -0.749. The van der Waals surface area contributed by atoms with Gasteiger partial charge in [-0.2, -0.15) is 0 Å². The summed E-state index contributed by atoms with van der Waals surface area (Å²) in [6, 6.07) is 3.83. The highest BCUT2D eigenvalue weighted by atomic mass is 79.9. The summed E-state index contributed by atoms with van der Waals surface area (Å²) in [5, 5.41) is 2.84. The van der Waals surface area contributed by atoms with Crippen LogP contribution in [0.1, 0.15) is 30.1 Å². The maximum atomic E-state index is 13.2. The molecule has 122 valence electrons. The van der Waals surface area contributed by atoms with Gasteiger partial charge >= 0.3 is 0 Å². The molecular weight excluding hydrogens is 375 g/mol. The number of carbonyl (C=O) groups is 1. The summed E-state index contributed by atoms with van der Waals surface area (Å²) in [7, 11) is -3.17. The molecule has 22 heavy (non-hydrogen) atoms. The zero-order valence-corrected chi connectivity index (χ0v) is 14.6. The van der Waals surface area contributed by atoms with Crippen LogP contribution < -0.4 is 5.32 Å². The number of piperidine rings is 1. The van der Waals surface area contributed by atoms with E-state index in [2.05, 4.69) is 21.2 Å². The van der Waals surface area contributed by atoms with Crippen molar-refractivity contribution in [1.82, 2.24) is 9.62 Å². The van der Waals surface area contributed by atoms with Crippen molar-refractivity contribution in [2.45, 2.75) is 25.8 Å². The van der Waals surface area contributed by atoms with Crippen molar-refractivity contribution in [3.05, 3.63) is 34.1 Å². The van der Waals surface area contributed by atoms with Gasteiger partial charge in [-0.15, -0.1) is 0 Å². The minimum atomic E-state index is -3.17. The van der Waals surface area contributed by atoms with Gasteiger partial charge in [0.25, 0.3) is 5.91 Å². The van der Waals surface area contributed by atoms with Crippen LogP contribution in [0.3, 0.4) is 0 Å². The Labute approximate surface area is 138 Å². The Morgan fingerprint density at radius 1 is 1.41 bits per heavy atom. The third-order valence-electron chi connectivity index (χ3n) is 3.72. The highest BCUT2D eigenvalue weighted by molar-refractivity contribution is 9.10. The number of amides is 1. The summed E-state index contributed by atoms with van der Waals surface area (Å²) in [6.07, 6.45) is 1.11. The van der Waals surface area contributed by atoms with Gasteiger partial charge in [0.05, 0.1) is 11.3 Å². The van der Waals surface area contributed by atoms with E-state index in [-0.39, 0.29) is 23.3 Å². The molecule has 0 radical (unpaired) electrons. The molecule has 1 aliphatic rings. The third kappa shape index (κ3) is 4.05. The Kier molecular flexibility index (Phi) is 5.57. The van der Waals surface area contributed by atoms with Crippen LogP contribution in [0.2, 0.25) is 0 Å². The predicted octanol–water partition coefficient (Wildman–Crippen LogP) is 2.13. The average molecular weight is 393 g/mol. The number of nitrogens with zero attached hydrogens (tertiary/aromatic N) is 1. The second-order valence-electron chi connectivity index (χ2n) is 5.17. The summed E-state index contributed by atoms with van der Waals surface area (Å²) in [5.41, 5.74) is 0.239. The Bertz CT molecular complexity index is 658. The van der Waals surface area contributed by atoms with Crippen LogP contribution in [-0.4, -0.2) is 43.5 Å². The van der Waals surface area contributed by atoms with Crippen molar-refractivity contribution in [2.75, 3.05) is 18.8 Å². The first-order chi connectivity index (χ1) is 10.3. The third-order valence-corrected chi connectivity index (χ3v) is 6.29. The average Bonchev–Trinajstić information content (AvgIpc) is 2.50. The van der Waals surface area contributed by atoms with E-state index >= 15 is 0 Å². The topological polar surface area (TPSA) is 66.5 Å². The van der Waals surface area contributed by atoms with Crippen molar-refractivity contribution >= 4 is 31.9 Å². The van der Waals surface area contributed by atoms with Crippen LogP contribution >= 0.6 is 15.9 Å². The molecule has 1 amide bonds. The second kappa shape index (κ2) is 7.06. The summed E-state index contributed by atoms with van der Waals surface area (Å²) >= 11 is 3.23. The fourth-order valence-corrected chi connectivity index (χ4v) is 3.95. The molecule has 0 saturated carbocycles. The Morgan fingerprint density at radius 2 is 2.05 bits per heavy atom. The molecule has 1 fully saturated rings. The number of benzene rings is 1. The van der Waals surface area contributed by atoms with Gasteiger partial charge < -0.3 is 5.32 Å². The fraction of sp³-hybridized carbons (Fsp3) is 0.500. The molecule has 1 aromatic carbocycles. The van der Waals surface area contributed by atoms with Gasteiger partial charge in [0.1, 0.15) is 5.82 Å². The van der Waals surface area contributed by atoms with Crippen LogP contribution in [-0.2, 0) is 10.0 Å². The first-order valence-electron chi connectivity index (χ1n) is 7.07. The minimum absolute atomic E-state index is 0.0836. The molecule has 1 heterocycles. The smallest absolute Gasteiger partial charge is 0.252 e. The minimum Gasteiger partial charge on any atom is -0.349 e. The molecule has 1 N–H and O–H groups in total. The maximum Gasteiger partial charge on any atom is 0.252 e. The fourth-order valence-electron chi connectivity index (χ4n) is 2.40. The molecule has 0 aliphatic carbocycles. The number of halogens is 2. The van der Waals surface area contributed by atoms with Crippen LogP contribution in [0, 0.1) is 5.82 Å². The summed E-state index contributed by atoms with van der Waals surface area (Å²) < 4.78 is 38.8. The first-order valence-corrected chi connectivity index (χ1v) is 9.47. The Hall–Kier alpha value is -0.990. The molecular formula is C14H18BrFN2O3S. The standard InChI is InChI=1S/C14H18BrFN2O3S/c1-2-22(20,21)18-7-5-11(6-8-18)17-14(19)12-9-10(16)3-4-13(12)15/h3-4,9,11H,2,5-8H2,1H3,(H,17,19). The lowest BCUT2D eigenvalue weighted by Gasteiger charge is -2.31. The van der Waals surface area contributed by atoms with Gasteiger partial charge in [0.2, 0.25) is 10.0 Å². The van der Waals surface area contributed by atoms with Crippen LogP contribution in [0.25, 0.3) is 0 Å². The van der Waals surface area contributed by atoms with E-state index in [9.17, 15) is 17.6 Å². The van der Waals surface area contributed by atoms with Crippen molar-refractivity contribution in [3.8, 4) is 0 Å². The lowest BCUT2D eigenvalue weighted by molar-refractivity contribution is 0.0922. The lowest BCUT2D eigenvalue weighted by atomic mass is 10.1. The van der Waals surface area contributed by atoms with E-state index in [1.165, 1.54) is 22.5 Å². The molecule has 0 unspecified atom stereocenters. The normalized spacial score (nSPS) is 17.4. The molecule has 1 aliphatic heterocycles. The molecule has 1 saturated heterocycles. The Balaban J connectivity index is 1.96. The Morgan fingerprint density at radius 3 is 2.64 bits per heavy atom. The molecule has 0 aromatic heterocycles. The second-order valence-corrected chi connectivity index (χ2v) is 8.28. The quantitative estimate of drug-likeness (QED) is 0.853. The number of rotatable bonds is 4. The van der Waals surface area contributed by atoms with Gasteiger partial charge in [0, 0.05) is 23.6 Å². The number of hydrogen-bond acceptors (Lipinski definition) is 3. The highest BCUT2D eigenvalue weighted by Crippen LogP contribution is 2.19. The van der Waals surface area contributed by atoms with Gasteiger partial charge in [-0.25, -0.2) is 17.1 Å². The molecule has 8 heteroatoms. The number of hydrogen-bond donors (Lipinski definition) is 1. The van der Waals surface area contributed by atoms with Crippen molar-refractivity contribution < 1.29 is 17.6 Å². The van der Waals surface area contributed by atoms with E-state index in [4.69, 9.17) is 0 Å². The van der Waals surface area contributed by atoms with Crippen molar-refractivity contribution in [3.63, 3.8) is 0 Å². The monoisotopic (exact) mass is 392 g/mol. The summed E-state index contributed by atoms with van der Waals surface area (Å²) in [6.45, 7) is 2.40. The number of carbonyl (C=O) groups excluding carboxylic acids is 1. The largest absolute Gasteiger partial charge is 0.349 e. The SMILES string of the molecule is CCS(=O)(=O)N1CCC(NC(=O)c2cc(F)ccc2Br)CC1. The molecule has 0 spiro atoms. The molecule has 2 rings (SSSR count). The molecule has 0 atom stereocenters. The van der Waals surface area contributed by atoms with Crippen LogP contribution in [0.4, 0.5) is 4.39 Å². The maximum absolute atomic E-state index is 13.2. The number of sulfonamides is 1. The van der Waals surface area contributed by atoms with E-state index in [0.717, 1.165) is 0 Å². The zero-order valence-electron chi connectivity index (χ0n) is 12.2. The van der Waals surface area contributed by atoms with E-state index in [1.54, 1.807) is 6.92 Å². The van der Waals surface area contributed by atoms with Gasteiger partial charge in [-0.05, 0) is 53.9 Å². The van der Waals surface area contributed by atoms with E-state index in [1.807, 2.05) is 0 Å². The predicted molar refractivity (Wildman–Crippen MR) is 85.6 cm³/mol. The van der Waals surface area contributed by atoms with Crippen molar-refractivity contribution in [2.24, 2.45) is 0 Å². The van der Waals surface area contributed by atoms with Crippen LogP contribution in [0.5, 0.6) is 0 Å². The molecule has 1 aromatic rings. The van der Waals surface area contributed by atoms with E-state index < -0.39 is 15.8 Å². The van der Waals surface area contributed by atoms with E-state index in [0.29, 0.717) is 30.4 Å². The van der Waals surface area contributed by atoms with Gasteiger partial charge in [0.15, 0.2) is 0 Å². The highest BCUT2D eigenvalue weighted by Gasteiger charge is 2.27. The van der Waals surface area contributed by atoms with Gasteiger partial charge in [-0.1, -0.05) is 0 Å². The van der Waals surface area contributed by atoms with Crippen molar-refractivity contribution in [1.29, 1.82) is 0 Å². The summed E-state index contributed by atoms with van der Waals surface area (Å²) in [4.78, 5) is 12.2. The molecule has 5 nitrogen and oxygen atoms in total. The van der Waals surface area contributed by atoms with Crippen LogP contribution in [0.15, 0.2) is 22.7 Å². The number of nitrogens with one attached hydrogen (secondary N) is 1.